The van der Waals surface area contributed by atoms with Gasteiger partial charge in [0.25, 0.3) is 0 Å². The number of benzene rings is 1. The Morgan fingerprint density at radius 1 is 1.39 bits per heavy atom. The van der Waals surface area contributed by atoms with Crippen LogP contribution in [0.3, 0.4) is 0 Å². The van der Waals surface area contributed by atoms with E-state index in [9.17, 15) is 9.59 Å². The summed E-state index contributed by atoms with van der Waals surface area (Å²) < 4.78 is 0.811. The smallest absolute Gasteiger partial charge is 0.336 e. The summed E-state index contributed by atoms with van der Waals surface area (Å²) in [5.74, 6) is -0.611. The molecule has 0 spiro atoms. The summed E-state index contributed by atoms with van der Waals surface area (Å²) in [4.78, 5) is 25.2. The maximum absolute atomic E-state index is 11.7. The van der Waals surface area contributed by atoms with Crippen LogP contribution in [0.5, 0.6) is 0 Å². The lowest BCUT2D eigenvalue weighted by Gasteiger charge is -2.30. The molecule has 1 saturated heterocycles. The molecule has 96 valence electrons. The van der Waals surface area contributed by atoms with Crippen molar-refractivity contribution in [2.45, 2.75) is 11.3 Å². The first-order valence-electron chi connectivity index (χ1n) is 5.51. The number of nitrogens with zero attached hydrogens (tertiary/aromatic N) is 1. The number of carbonyl (C=O) groups excluding carboxylic acids is 1. The molecule has 1 aromatic rings. The number of hydrogen-bond donors (Lipinski definition) is 1. The van der Waals surface area contributed by atoms with Crippen molar-refractivity contribution in [3.8, 4) is 0 Å². The molecule has 0 aliphatic carbocycles. The molecule has 6 heteroatoms. The number of rotatable bonds is 4. The van der Waals surface area contributed by atoms with Crippen LogP contribution in [-0.2, 0) is 4.79 Å². The van der Waals surface area contributed by atoms with Crippen LogP contribution in [0.2, 0.25) is 0 Å². The summed E-state index contributed by atoms with van der Waals surface area (Å²) in [6, 6.07) is 4.96. The number of amides is 1. The minimum atomic E-state index is -0.971. The second-order valence-corrected chi connectivity index (χ2v) is 5.90. The van der Waals surface area contributed by atoms with Crippen molar-refractivity contribution < 1.29 is 14.7 Å². The van der Waals surface area contributed by atoms with E-state index in [4.69, 9.17) is 5.11 Å². The second kappa shape index (κ2) is 5.75. The fraction of sp³-hybridized carbons (Fsp3) is 0.333. The highest BCUT2D eigenvalue weighted by Crippen LogP contribution is 2.27. The van der Waals surface area contributed by atoms with Crippen molar-refractivity contribution in [3.05, 3.63) is 28.2 Å². The average Bonchev–Trinajstić information content (AvgIpc) is 2.23. The molecule has 1 aromatic carbocycles. The van der Waals surface area contributed by atoms with Gasteiger partial charge in [-0.1, -0.05) is 15.9 Å². The zero-order valence-corrected chi connectivity index (χ0v) is 12.0. The Balaban J connectivity index is 2.05. The van der Waals surface area contributed by atoms with Gasteiger partial charge in [0.2, 0.25) is 5.91 Å². The number of likely N-dealkylation sites (tertiary alicyclic amines) is 1. The van der Waals surface area contributed by atoms with Gasteiger partial charge in [-0.05, 0) is 24.6 Å². The van der Waals surface area contributed by atoms with Crippen molar-refractivity contribution in [2.75, 3.05) is 18.8 Å². The monoisotopic (exact) mass is 329 g/mol. The molecule has 1 heterocycles. The molecule has 1 aliphatic rings. The quantitative estimate of drug-likeness (QED) is 0.862. The molecular weight excluding hydrogens is 318 g/mol. The second-order valence-electron chi connectivity index (χ2n) is 3.97. The topological polar surface area (TPSA) is 57.6 Å². The highest BCUT2D eigenvalue weighted by atomic mass is 79.9. The predicted molar refractivity (Wildman–Crippen MR) is 73.0 cm³/mol. The maximum atomic E-state index is 11.7. The Bertz CT molecular complexity index is 488. The molecule has 0 bridgehead atoms. The van der Waals surface area contributed by atoms with E-state index in [1.54, 1.807) is 23.1 Å². The Kier molecular flexibility index (Phi) is 4.29. The van der Waals surface area contributed by atoms with E-state index in [0.29, 0.717) is 4.90 Å². The molecule has 1 fully saturated rings. The van der Waals surface area contributed by atoms with Crippen LogP contribution >= 0.6 is 27.7 Å². The molecule has 1 amide bonds. The minimum absolute atomic E-state index is 0.0718. The molecule has 1 aliphatic heterocycles. The number of hydrogen-bond acceptors (Lipinski definition) is 3. The van der Waals surface area contributed by atoms with E-state index in [2.05, 4.69) is 15.9 Å². The van der Waals surface area contributed by atoms with Crippen LogP contribution in [0.15, 0.2) is 27.6 Å². The molecular formula is C12H12BrNO3S. The van der Waals surface area contributed by atoms with E-state index >= 15 is 0 Å². The van der Waals surface area contributed by atoms with Gasteiger partial charge in [0.1, 0.15) is 0 Å². The van der Waals surface area contributed by atoms with Crippen LogP contribution in [0, 0.1) is 0 Å². The van der Waals surface area contributed by atoms with Gasteiger partial charge in [0.05, 0.1) is 11.3 Å². The third-order valence-corrected chi connectivity index (χ3v) is 4.27. The number of halogens is 1. The lowest BCUT2D eigenvalue weighted by molar-refractivity contribution is -0.131. The minimum Gasteiger partial charge on any atom is -0.478 e. The largest absolute Gasteiger partial charge is 0.478 e. The van der Waals surface area contributed by atoms with E-state index < -0.39 is 5.97 Å². The molecule has 0 atom stereocenters. The normalized spacial score (nSPS) is 14.2. The van der Waals surface area contributed by atoms with Gasteiger partial charge in [0.15, 0.2) is 0 Å². The standard InChI is InChI=1S/C12H12BrNO3S/c13-8-2-3-9(12(16)17)10(6-8)18-7-11(15)14-4-1-5-14/h2-3,6H,1,4-5,7H2,(H,16,17). The van der Waals surface area contributed by atoms with Crippen LogP contribution in [0.25, 0.3) is 0 Å². The molecule has 0 radical (unpaired) electrons. The average molecular weight is 330 g/mol. The van der Waals surface area contributed by atoms with E-state index in [1.165, 1.54) is 11.8 Å². The first kappa shape index (κ1) is 13.4. The number of aromatic carboxylic acids is 1. The third kappa shape index (κ3) is 3.05. The summed E-state index contributed by atoms with van der Waals surface area (Å²) in [7, 11) is 0. The highest BCUT2D eigenvalue weighted by molar-refractivity contribution is 9.10. The van der Waals surface area contributed by atoms with Crippen LogP contribution < -0.4 is 0 Å². The summed E-state index contributed by atoms with van der Waals surface area (Å²) in [6.07, 6.45) is 1.06. The molecule has 2 rings (SSSR count). The van der Waals surface area contributed by atoms with Crippen LogP contribution in [0.1, 0.15) is 16.8 Å². The zero-order valence-electron chi connectivity index (χ0n) is 9.56. The fourth-order valence-corrected chi connectivity index (χ4v) is 3.08. The zero-order chi connectivity index (χ0) is 13.1. The maximum Gasteiger partial charge on any atom is 0.336 e. The Morgan fingerprint density at radius 3 is 2.67 bits per heavy atom. The molecule has 4 nitrogen and oxygen atoms in total. The van der Waals surface area contributed by atoms with Gasteiger partial charge in [0, 0.05) is 22.5 Å². The Morgan fingerprint density at radius 2 is 2.11 bits per heavy atom. The van der Waals surface area contributed by atoms with Crippen molar-refractivity contribution in [3.63, 3.8) is 0 Å². The van der Waals surface area contributed by atoms with Crippen LogP contribution in [0.4, 0.5) is 0 Å². The summed E-state index contributed by atoms with van der Waals surface area (Å²) in [5.41, 5.74) is 0.236. The molecule has 0 saturated carbocycles. The number of carboxylic acid groups (broad SMARTS) is 1. The number of carbonyl (C=O) groups is 2. The van der Waals surface area contributed by atoms with Crippen molar-refractivity contribution in [1.29, 1.82) is 0 Å². The Hall–Kier alpha value is -1.01. The molecule has 18 heavy (non-hydrogen) atoms. The lowest BCUT2D eigenvalue weighted by Crippen LogP contribution is -2.43. The summed E-state index contributed by atoms with van der Waals surface area (Å²) in [5, 5.41) is 9.06. The summed E-state index contributed by atoms with van der Waals surface area (Å²) >= 11 is 4.58. The molecule has 1 N–H and O–H groups in total. The van der Waals surface area contributed by atoms with Crippen LogP contribution in [-0.4, -0.2) is 40.7 Å². The van der Waals surface area contributed by atoms with E-state index in [1.807, 2.05) is 0 Å². The van der Waals surface area contributed by atoms with Gasteiger partial charge in [-0.15, -0.1) is 11.8 Å². The van der Waals surface area contributed by atoms with Gasteiger partial charge >= 0.3 is 5.97 Å². The Labute approximate surface area is 117 Å². The molecule has 0 unspecified atom stereocenters. The predicted octanol–water partition coefficient (Wildman–Crippen LogP) is 2.47. The van der Waals surface area contributed by atoms with Gasteiger partial charge in [-0.2, -0.15) is 0 Å². The van der Waals surface area contributed by atoms with Crippen molar-refractivity contribution in [2.24, 2.45) is 0 Å². The number of carboxylic acids is 1. The SMILES string of the molecule is O=C(O)c1ccc(Br)cc1SCC(=O)N1CCC1. The summed E-state index contributed by atoms with van der Waals surface area (Å²) in [6.45, 7) is 1.65. The van der Waals surface area contributed by atoms with Crippen molar-refractivity contribution in [1.82, 2.24) is 4.90 Å². The van der Waals surface area contributed by atoms with Crippen molar-refractivity contribution >= 4 is 39.6 Å². The number of thioether (sulfide) groups is 1. The van der Waals surface area contributed by atoms with Gasteiger partial charge in [-0.25, -0.2) is 4.79 Å². The van der Waals surface area contributed by atoms with E-state index in [0.717, 1.165) is 24.0 Å². The highest BCUT2D eigenvalue weighted by Gasteiger charge is 2.21. The fourth-order valence-electron chi connectivity index (χ4n) is 1.59. The lowest BCUT2D eigenvalue weighted by atomic mass is 10.2. The van der Waals surface area contributed by atoms with E-state index in [-0.39, 0.29) is 17.2 Å². The first-order chi connectivity index (χ1) is 8.58. The molecule has 0 aromatic heterocycles. The first-order valence-corrected chi connectivity index (χ1v) is 7.29. The van der Waals surface area contributed by atoms with Gasteiger partial charge in [-0.3, -0.25) is 4.79 Å². The van der Waals surface area contributed by atoms with Gasteiger partial charge < -0.3 is 10.0 Å². The third-order valence-electron chi connectivity index (χ3n) is 2.73.